The number of fused-ring (bicyclic) bond motifs is 1. The zero-order chi connectivity index (χ0) is 18.0. The molecule has 0 radical (unpaired) electrons. The average molecular weight is 335 g/mol. The third kappa shape index (κ3) is 5.52. The van der Waals surface area contributed by atoms with E-state index in [4.69, 9.17) is 24.0 Å². The van der Waals surface area contributed by atoms with Crippen LogP contribution in [0.5, 0.6) is 5.88 Å². The van der Waals surface area contributed by atoms with E-state index in [0.29, 0.717) is 5.88 Å². The SMILES string of the molecule is Cn1c(OB(OOC(C)(C)C)OOC(C)(C)C)cc2ccccc21. The number of para-hydroxylation sites is 1. The van der Waals surface area contributed by atoms with Crippen LogP contribution in [0.4, 0.5) is 0 Å². The fourth-order valence-corrected chi connectivity index (χ4v) is 1.90. The second kappa shape index (κ2) is 7.15. The molecular formula is C17H26BNO5. The van der Waals surface area contributed by atoms with Gasteiger partial charge in [0.1, 0.15) is 0 Å². The van der Waals surface area contributed by atoms with E-state index < -0.39 is 18.5 Å². The smallest absolute Gasteiger partial charge is 0.496 e. The molecule has 0 amide bonds. The summed E-state index contributed by atoms with van der Waals surface area (Å²) in [5.74, 6) is 0.580. The molecule has 0 spiro atoms. The van der Waals surface area contributed by atoms with Crippen LogP contribution in [-0.4, -0.2) is 23.1 Å². The van der Waals surface area contributed by atoms with E-state index >= 15 is 0 Å². The molecule has 0 aliphatic rings. The van der Waals surface area contributed by atoms with Crippen molar-refractivity contribution in [3.8, 4) is 5.88 Å². The van der Waals surface area contributed by atoms with Crippen LogP contribution in [0, 0.1) is 0 Å². The van der Waals surface area contributed by atoms with E-state index in [0.717, 1.165) is 10.9 Å². The Bertz CT molecular complexity index is 654. The van der Waals surface area contributed by atoms with Crippen LogP contribution in [-0.2, 0) is 26.4 Å². The highest BCUT2D eigenvalue weighted by Gasteiger charge is 2.33. The molecule has 1 aromatic heterocycles. The summed E-state index contributed by atoms with van der Waals surface area (Å²) in [6, 6.07) is 9.87. The van der Waals surface area contributed by atoms with E-state index in [1.165, 1.54) is 0 Å². The number of benzene rings is 1. The first-order valence-corrected chi connectivity index (χ1v) is 7.95. The lowest BCUT2D eigenvalue weighted by atomic mass is 10.2. The minimum atomic E-state index is -1.16. The zero-order valence-corrected chi connectivity index (χ0v) is 15.5. The van der Waals surface area contributed by atoms with Crippen molar-refractivity contribution >= 4 is 18.2 Å². The molecule has 0 aliphatic carbocycles. The van der Waals surface area contributed by atoms with Gasteiger partial charge in [-0.15, -0.1) is 0 Å². The average Bonchev–Trinajstić information content (AvgIpc) is 2.77. The zero-order valence-electron chi connectivity index (χ0n) is 15.5. The lowest BCUT2D eigenvalue weighted by molar-refractivity contribution is -0.350. The first-order chi connectivity index (χ1) is 11.1. The maximum Gasteiger partial charge on any atom is 0.771 e. The van der Waals surface area contributed by atoms with Crippen LogP contribution in [0.25, 0.3) is 10.9 Å². The van der Waals surface area contributed by atoms with Crippen molar-refractivity contribution in [2.75, 3.05) is 0 Å². The lowest BCUT2D eigenvalue weighted by Crippen LogP contribution is -2.37. The summed E-state index contributed by atoms with van der Waals surface area (Å²) in [6.45, 7) is 11.2. The Morgan fingerprint density at radius 1 is 0.875 bits per heavy atom. The first-order valence-electron chi connectivity index (χ1n) is 7.95. The molecule has 1 heterocycles. The molecular weight excluding hydrogens is 309 g/mol. The second-order valence-electron chi connectivity index (χ2n) is 7.59. The van der Waals surface area contributed by atoms with Gasteiger partial charge in [-0.3, -0.25) is 0 Å². The molecule has 7 heteroatoms. The maximum atomic E-state index is 5.79. The van der Waals surface area contributed by atoms with Crippen LogP contribution >= 0.6 is 0 Å². The molecule has 0 unspecified atom stereocenters. The second-order valence-corrected chi connectivity index (χ2v) is 7.59. The summed E-state index contributed by atoms with van der Waals surface area (Å²) in [6.07, 6.45) is 0. The summed E-state index contributed by atoms with van der Waals surface area (Å²) >= 11 is 0. The minimum absolute atomic E-state index is 0.508. The van der Waals surface area contributed by atoms with Gasteiger partial charge in [0.25, 0.3) is 0 Å². The summed E-state index contributed by atoms with van der Waals surface area (Å²) < 4.78 is 7.70. The van der Waals surface area contributed by atoms with Gasteiger partial charge in [-0.2, -0.15) is 0 Å². The minimum Gasteiger partial charge on any atom is -0.496 e. The molecule has 0 N–H and O–H groups in total. The van der Waals surface area contributed by atoms with E-state index in [2.05, 4.69) is 0 Å². The van der Waals surface area contributed by atoms with Crippen molar-refractivity contribution in [1.82, 2.24) is 4.57 Å². The summed E-state index contributed by atoms with van der Waals surface area (Å²) in [4.78, 5) is 21.2. The van der Waals surface area contributed by atoms with Crippen LogP contribution in [0.15, 0.2) is 30.3 Å². The molecule has 0 saturated carbocycles. The van der Waals surface area contributed by atoms with Crippen molar-refractivity contribution in [2.45, 2.75) is 52.7 Å². The Morgan fingerprint density at radius 2 is 1.42 bits per heavy atom. The van der Waals surface area contributed by atoms with Gasteiger partial charge in [0.2, 0.25) is 0 Å². The third-order valence-corrected chi connectivity index (χ3v) is 2.88. The Labute approximate surface area is 143 Å². The Hall–Kier alpha value is -1.54. The Kier molecular flexibility index (Phi) is 5.60. The summed E-state index contributed by atoms with van der Waals surface area (Å²) in [7, 11) is 0.746. The molecule has 0 saturated heterocycles. The van der Waals surface area contributed by atoms with Crippen LogP contribution in [0.1, 0.15) is 41.5 Å². The quantitative estimate of drug-likeness (QED) is 0.453. The van der Waals surface area contributed by atoms with Gasteiger partial charge in [0, 0.05) is 18.5 Å². The third-order valence-electron chi connectivity index (χ3n) is 2.88. The number of rotatable bonds is 6. The van der Waals surface area contributed by atoms with Gasteiger partial charge in [0.15, 0.2) is 5.88 Å². The molecule has 2 aromatic rings. The predicted molar refractivity (Wildman–Crippen MR) is 93.1 cm³/mol. The standard InChI is InChI=1S/C17H26BNO5/c1-16(2,3)21-23-18(24-22-17(4,5)6)20-15-12-13-10-8-9-11-14(13)19(15)7/h8-12H,1-7H3. The predicted octanol–water partition coefficient (Wildman–Crippen LogP) is 4.04. The van der Waals surface area contributed by atoms with Crippen molar-refractivity contribution in [3.63, 3.8) is 0 Å². The molecule has 0 atom stereocenters. The molecule has 0 aliphatic heterocycles. The highest BCUT2D eigenvalue weighted by atomic mass is 17.3. The normalized spacial score (nSPS) is 12.6. The molecule has 132 valence electrons. The molecule has 0 bridgehead atoms. The number of nitrogens with zero attached hydrogens (tertiary/aromatic N) is 1. The summed E-state index contributed by atoms with van der Waals surface area (Å²) in [5.41, 5.74) is 0.0248. The highest BCUT2D eigenvalue weighted by Crippen LogP contribution is 2.25. The fourth-order valence-electron chi connectivity index (χ4n) is 1.90. The van der Waals surface area contributed by atoms with E-state index in [9.17, 15) is 0 Å². The van der Waals surface area contributed by atoms with Gasteiger partial charge in [-0.05, 0) is 47.6 Å². The van der Waals surface area contributed by atoms with Crippen LogP contribution < -0.4 is 4.65 Å². The highest BCUT2D eigenvalue weighted by molar-refractivity contribution is 6.36. The van der Waals surface area contributed by atoms with E-state index in [-0.39, 0.29) is 0 Å². The van der Waals surface area contributed by atoms with Crippen molar-refractivity contribution < 1.29 is 24.0 Å². The number of aryl methyl sites for hydroxylation is 1. The first kappa shape index (κ1) is 18.8. The van der Waals surface area contributed by atoms with Gasteiger partial charge < -0.3 is 9.22 Å². The van der Waals surface area contributed by atoms with E-state index in [1.807, 2.05) is 83.5 Å². The number of aromatic nitrogens is 1. The lowest BCUT2D eigenvalue weighted by Gasteiger charge is -2.23. The Balaban J connectivity index is 2.14. The van der Waals surface area contributed by atoms with Crippen molar-refractivity contribution in [3.05, 3.63) is 30.3 Å². The summed E-state index contributed by atoms with van der Waals surface area (Å²) in [5, 5.41) is 1.06. The van der Waals surface area contributed by atoms with Crippen molar-refractivity contribution in [2.24, 2.45) is 7.05 Å². The fraction of sp³-hybridized carbons (Fsp3) is 0.529. The van der Waals surface area contributed by atoms with Gasteiger partial charge in [0.05, 0.1) is 16.7 Å². The Morgan fingerprint density at radius 3 is 1.92 bits per heavy atom. The monoisotopic (exact) mass is 335 g/mol. The largest absolute Gasteiger partial charge is 0.771 e. The molecule has 6 nitrogen and oxygen atoms in total. The van der Waals surface area contributed by atoms with Gasteiger partial charge in [-0.25, -0.2) is 19.4 Å². The number of hydrogen-bond donors (Lipinski definition) is 0. The number of hydrogen-bond acceptors (Lipinski definition) is 5. The van der Waals surface area contributed by atoms with Crippen LogP contribution in [0.3, 0.4) is 0 Å². The van der Waals surface area contributed by atoms with Gasteiger partial charge >= 0.3 is 7.32 Å². The van der Waals surface area contributed by atoms with Gasteiger partial charge in [-0.1, -0.05) is 18.2 Å². The molecule has 0 fully saturated rings. The van der Waals surface area contributed by atoms with Crippen molar-refractivity contribution in [1.29, 1.82) is 0 Å². The topological polar surface area (TPSA) is 51.1 Å². The molecule has 2 rings (SSSR count). The molecule has 24 heavy (non-hydrogen) atoms. The van der Waals surface area contributed by atoms with Crippen LogP contribution in [0.2, 0.25) is 0 Å². The van der Waals surface area contributed by atoms with E-state index in [1.54, 1.807) is 0 Å². The maximum absolute atomic E-state index is 5.79. The molecule has 1 aromatic carbocycles.